The van der Waals surface area contributed by atoms with Gasteiger partial charge >= 0.3 is 0 Å². The molecule has 0 amide bonds. The molecule has 1 aliphatic carbocycles. The van der Waals surface area contributed by atoms with Crippen LogP contribution in [0.1, 0.15) is 25.0 Å². The lowest BCUT2D eigenvalue weighted by Crippen LogP contribution is -2.16. The lowest BCUT2D eigenvalue weighted by Gasteiger charge is -2.25. The van der Waals surface area contributed by atoms with Gasteiger partial charge in [-0.3, -0.25) is 9.55 Å². The normalized spacial score (nSPS) is 12.6. The molecule has 290 valence electrons. The van der Waals surface area contributed by atoms with Crippen molar-refractivity contribution in [1.29, 1.82) is 0 Å². The van der Waals surface area contributed by atoms with Gasteiger partial charge in [0.05, 0.1) is 28.0 Å². The van der Waals surface area contributed by atoms with E-state index in [2.05, 4.69) is 182 Å². The summed E-state index contributed by atoms with van der Waals surface area (Å²) in [5, 5.41) is 11.4. The van der Waals surface area contributed by atoms with Crippen LogP contribution in [-0.4, -0.2) is 19.6 Å². The Balaban J connectivity index is 1.14. The van der Waals surface area contributed by atoms with Crippen molar-refractivity contribution in [2.75, 3.05) is 0 Å². The number of fused-ring (bicyclic) bond motifs is 4. The van der Waals surface area contributed by atoms with Crippen LogP contribution < -0.4 is 0 Å². The molecular weight excluding hydrogens is 743 g/mol. The highest BCUT2D eigenvalue weighted by molar-refractivity contribution is 6.01. The van der Waals surface area contributed by atoms with E-state index in [1.165, 1.54) is 33.4 Å². The van der Waals surface area contributed by atoms with E-state index in [1.54, 1.807) is 6.07 Å². The number of para-hydroxylation sites is 3. The summed E-state index contributed by atoms with van der Waals surface area (Å²) in [6.45, 7) is 4.67. The summed E-state index contributed by atoms with van der Waals surface area (Å²) in [6.07, 6.45) is 1.92. The van der Waals surface area contributed by atoms with E-state index in [4.69, 9.17) is 9.97 Å². The van der Waals surface area contributed by atoms with Crippen molar-refractivity contribution >= 4 is 11.0 Å². The number of pyridine rings is 1. The van der Waals surface area contributed by atoms with Gasteiger partial charge in [0.1, 0.15) is 11.6 Å². The Morgan fingerprint density at radius 2 is 1.02 bits per heavy atom. The molecule has 0 bridgehead atoms. The second-order valence-electron chi connectivity index (χ2n) is 16.3. The third kappa shape index (κ3) is 6.07. The van der Waals surface area contributed by atoms with Gasteiger partial charge in [0.25, 0.3) is 0 Å². The molecule has 61 heavy (non-hydrogen) atoms. The Hall–Kier alpha value is -7.82. The van der Waals surface area contributed by atoms with Crippen LogP contribution in [-0.2, 0) is 5.41 Å². The van der Waals surface area contributed by atoms with Crippen LogP contribution >= 0.6 is 0 Å². The Labute approximate surface area is 355 Å². The molecule has 11 rings (SSSR count). The standard InChI is InChI=1S/C57H41N3O/c1-57(2)49-24-12-9-21-44(49)47-34-42(50-36-41(32-33-58-50)39-30-28-38(29-31-39)37-16-5-3-6-17-37)35-48(54(47)57)45-23-15-26-52-55(45)59-56(46-22-11-14-27-53(46)61)60(52)51-25-13-10-20-43(51)40-18-7-4-8-19-40/h3-36,61H,1-2H3. The average molecular weight is 784 g/mol. The van der Waals surface area contributed by atoms with Gasteiger partial charge in [0.2, 0.25) is 0 Å². The molecule has 4 heteroatoms. The van der Waals surface area contributed by atoms with Gasteiger partial charge in [-0.2, -0.15) is 0 Å². The molecule has 0 saturated heterocycles. The van der Waals surface area contributed by atoms with Crippen molar-refractivity contribution in [3.63, 3.8) is 0 Å². The number of hydrogen-bond acceptors (Lipinski definition) is 3. The summed E-state index contributed by atoms with van der Waals surface area (Å²) < 4.78 is 2.22. The lowest BCUT2D eigenvalue weighted by atomic mass is 9.78. The predicted molar refractivity (Wildman–Crippen MR) is 251 cm³/mol. The van der Waals surface area contributed by atoms with Crippen molar-refractivity contribution in [1.82, 2.24) is 14.5 Å². The highest BCUT2D eigenvalue weighted by Crippen LogP contribution is 2.54. The van der Waals surface area contributed by atoms with Crippen LogP contribution in [0.5, 0.6) is 5.75 Å². The summed E-state index contributed by atoms with van der Waals surface area (Å²) in [6, 6.07) is 69.9. The van der Waals surface area contributed by atoms with Gasteiger partial charge in [0, 0.05) is 28.3 Å². The predicted octanol–water partition coefficient (Wildman–Crippen LogP) is 14.4. The highest BCUT2D eigenvalue weighted by atomic mass is 16.3. The van der Waals surface area contributed by atoms with Crippen molar-refractivity contribution < 1.29 is 5.11 Å². The number of rotatable bonds is 7. The molecule has 10 aromatic rings. The Morgan fingerprint density at radius 3 is 1.75 bits per heavy atom. The molecule has 2 aromatic heterocycles. The minimum atomic E-state index is -0.291. The minimum Gasteiger partial charge on any atom is -0.507 e. The first-order chi connectivity index (χ1) is 29.9. The van der Waals surface area contributed by atoms with Crippen LogP contribution in [0, 0.1) is 0 Å². The molecule has 4 nitrogen and oxygen atoms in total. The van der Waals surface area contributed by atoms with Crippen LogP contribution in [0.2, 0.25) is 0 Å². The molecule has 8 aromatic carbocycles. The van der Waals surface area contributed by atoms with E-state index >= 15 is 0 Å². The number of phenolic OH excluding ortho intramolecular Hbond substituents is 1. The molecular formula is C57H41N3O. The molecule has 0 aliphatic heterocycles. The zero-order chi connectivity index (χ0) is 41.1. The third-order valence-corrected chi connectivity index (χ3v) is 12.4. The molecule has 2 heterocycles. The summed E-state index contributed by atoms with van der Waals surface area (Å²) in [7, 11) is 0. The molecule has 1 N–H and O–H groups in total. The number of benzene rings is 8. The maximum Gasteiger partial charge on any atom is 0.149 e. The first kappa shape index (κ1) is 36.3. The first-order valence-corrected chi connectivity index (χ1v) is 20.8. The van der Waals surface area contributed by atoms with Gasteiger partial charge in [-0.1, -0.05) is 166 Å². The molecule has 0 spiro atoms. The van der Waals surface area contributed by atoms with Crippen molar-refractivity contribution in [2.24, 2.45) is 0 Å². The van der Waals surface area contributed by atoms with Crippen LogP contribution in [0.25, 0.3) is 95.0 Å². The van der Waals surface area contributed by atoms with Gasteiger partial charge in [-0.15, -0.1) is 0 Å². The minimum absolute atomic E-state index is 0.179. The average Bonchev–Trinajstić information content (AvgIpc) is 3.82. The SMILES string of the molecule is CC1(C)c2ccccc2-c2cc(-c3cc(-c4ccc(-c5ccccc5)cc4)ccn3)cc(-c3cccc4c3nc(-c3ccccc3O)n4-c3ccccc3-c3ccccc3)c21. The maximum atomic E-state index is 11.4. The lowest BCUT2D eigenvalue weighted by molar-refractivity contribution is 0.477. The number of aromatic nitrogens is 3. The van der Waals surface area contributed by atoms with Crippen LogP contribution in [0.4, 0.5) is 0 Å². The Kier molecular flexibility index (Phi) is 8.61. The van der Waals surface area contributed by atoms with Crippen molar-refractivity contribution in [3.8, 4) is 89.7 Å². The summed E-state index contributed by atoms with van der Waals surface area (Å²) in [5.41, 5.74) is 19.1. The van der Waals surface area contributed by atoms with E-state index in [0.29, 0.717) is 11.4 Å². The fraction of sp³-hybridized carbons (Fsp3) is 0.0526. The van der Waals surface area contributed by atoms with E-state index < -0.39 is 0 Å². The van der Waals surface area contributed by atoms with E-state index in [-0.39, 0.29) is 11.2 Å². The third-order valence-electron chi connectivity index (χ3n) is 12.4. The van der Waals surface area contributed by atoms with Gasteiger partial charge in [0.15, 0.2) is 0 Å². The second kappa shape index (κ2) is 14.5. The van der Waals surface area contributed by atoms with Crippen molar-refractivity contribution in [3.05, 3.63) is 218 Å². The second-order valence-corrected chi connectivity index (χ2v) is 16.3. The molecule has 0 saturated carbocycles. The summed E-state index contributed by atoms with van der Waals surface area (Å²) >= 11 is 0. The Morgan fingerprint density at radius 1 is 0.443 bits per heavy atom. The van der Waals surface area contributed by atoms with Gasteiger partial charge < -0.3 is 5.11 Å². The highest BCUT2D eigenvalue weighted by Gasteiger charge is 2.38. The first-order valence-electron chi connectivity index (χ1n) is 20.8. The zero-order valence-corrected chi connectivity index (χ0v) is 33.9. The number of aromatic hydroxyl groups is 1. The number of hydrogen-bond donors (Lipinski definition) is 1. The topological polar surface area (TPSA) is 50.9 Å². The fourth-order valence-corrected chi connectivity index (χ4v) is 9.47. The van der Waals surface area contributed by atoms with E-state index in [1.807, 2.05) is 36.5 Å². The van der Waals surface area contributed by atoms with Gasteiger partial charge in [-0.05, 0) is 104 Å². The molecule has 0 unspecified atom stereocenters. The fourth-order valence-electron chi connectivity index (χ4n) is 9.47. The zero-order valence-electron chi connectivity index (χ0n) is 33.9. The molecule has 1 aliphatic rings. The van der Waals surface area contributed by atoms with Crippen LogP contribution in [0.3, 0.4) is 0 Å². The monoisotopic (exact) mass is 783 g/mol. The summed E-state index contributed by atoms with van der Waals surface area (Å²) in [4.78, 5) is 10.5. The maximum absolute atomic E-state index is 11.4. The van der Waals surface area contributed by atoms with Crippen LogP contribution in [0.15, 0.2) is 206 Å². The molecule has 0 radical (unpaired) electrons. The number of phenols is 1. The van der Waals surface area contributed by atoms with Gasteiger partial charge in [-0.25, -0.2) is 4.98 Å². The largest absolute Gasteiger partial charge is 0.507 e. The number of nitrogens with zero attached hydrogens (tertiary/aromatic N) is 3. The summed E-state index contributed by atoms with van der Waals surface area (Å²) in [5.74, 6) is 0.852. The smallest absolute Gasteiger partial charge is 0.149 e. The number of imidazole rings is 1. The molecule has 0 fully saturated rings. The van der Waals surface area contributed by atoms with E-state index in [0.717, 1.165) is 61.4 Å². The molecule has 0 atom stereocenters. The Bertz CT molecular complexity index is 3270. The van der Waals surface area contributed by atoms with Crippen molar-refractivity contribution in [2.45, 2.75) is 19.3 Å². The van der Waals surface area contributed by atoms with E-state index in [9.17, 15) is 5.11 Å². The quantitative estimate of drug-likeness (QED) is 0.175.